The van der Waals surface area contributed by atoms with Gasteiger partial charge in [-0.05, 0) is 31.4 Å². The van der Waals surface area contributed by atoms with E-state index in [1.807, 2.05) is 30.3 Å². The molecule has 15 heavy (non-hydrogen) atoms. The Morgan fingerprint density at radius 3 is 2.27 bits per heavy atom. The number of likely N-dealkylation sites (tertiary alicyclic amines) is 1. The van der Waals surface area contributed by atoms with Crippen molar-refractivity contribution < 1.29 is 9.28 Å². The fraction of sp³-hybridized carbons (Fsp3) is 0.462. The van der Waals surface area contributed by atoms with E-state index >= 15 is 0 Å². The zero-order valence-electron chi connectivity index (χ0n) is 9.28. The second kappa shape index (κ2) is 4.15. The minimum atomic E-state index is 0.273. The Hall–Kier alpha value is -1.15. The molecule has 1 fully saturated rings. The van der Waals surface area contributed by atoms with Crippen molar-refractivity contribution in [3.8, 4) is 0 Å². The average Bonchev–Trinajstić information content (AvgIpc) is 2.30. The first-order chi connectivity index (χ1) is 7.22. The molecule has 1 aliphatic rings. The van der Waals surface area contributed by atoms with Crippen molar-refractivity contribution in [1.29, 1.82) is 0 Å². The topological polar surface area (TPSA) is 17.1 Å². The zero-order chi connectivity index (χ0) is 10.7. The first-order valence-corrected chi connectivity index (χ1v) is 5.67. The number of quaternary nitrogens is 1. The monoisotopic (exact) mass is 204 g/mol. The standard InChI is InChI=1S/C13H18NO/c1-14(10-6-3-7-11-14)13(15)12-8-4-2-5-9-12/h2,4-5,8-9H,3,6-7,10-11H2,1H3/q+1. The molecule has 1 aliphatic heterocycles. The van der Waals surface area contributed by atoms with E-state index in [1.54, 1.807) is 0 Å². The molecule has 1 aromatic rings. The molecule has 80 valence electrons. The highest BCUT2D eigenvalue weighted by molar-refractivity contribution is 5.88. The van der Waals surface area contributed by atoms with Gasteiger partial charge in [-0.2, -0.15) is 0 Å². The lowest BCUT2D eigenvalue weighted by Crippen LogP contribution is -2.52. The molecule has 0 radical (unpaired) electrons. The largest absolute Gasteiger partial charge is 0.345 e. The van der Waals surface area contributed by atoms with Crippen molar-refractivity contribution in [3.05, 3.63) is 35.9 Å². The number of hydrogen-bond donors (Lipinski definition) is 0. The van der Waals surface area contributed by atoms with E-state index in [9.17, 15) is 4.79 Å². The van der Waals surface area contributed by atoms with Gasteiger partial charge in [0.2, 0.25) is 0 Å². The third-order valence-electron chi connectivity index (χ3n) is 3.31. The number of benzene rings is 1. The Morgan fingerprint density at radius 1 is 1.07 bits per heavy atom. The smallest absolute Gasteiger partial charge is 0.258 e. The van der Waals surface area contributed by atoms with E-state index in [-0.39, 0.29) is 5.91 Å². The van der Waals surface area contributed by atoms with Gasteiger partial charge in [-0.25, -0.2) is 4.79 Å². The lowest BCUT2D eigenvalue weighted by atomic mass is 10.1. The second-order valence-corrected chi connectivity index (χ2v) is 4.57. The van der Waals surface area contributed by atoms with E-state index in [2.05, 4.69) is 7.05 Å². The number of carbonyl (C=O) groups is 1. The molecule has 1 aromatic carbocycles. The molecule has 1 heterocycles. The van der Waals surface area contributed by atoms with E-state index in [4.69, 9.17) is 0 Å². The van der Waals surface area contributed by atoms with Gasteiger partial charge in [0.1, 0.15) is 0 Å². The molecule has 0 spiro atoms. The van der Waals surface area contributed by atoms with Crippen LogP contribution in [-0.4, -0.2) is 30.5 Å². The minimum absolute atomic E-state index is 0.273. The molecule has 2 rings (SSSR count). The molecule has 2 nitrogen and oxygen atoms in total. The lowest BCUT2D eigenvalue weighted by Gasteiger charge is -2.34. The fourth-order valence-electron chi connectivity index (χ4n) is 2.31. The molecule has 0 atom stereocenters. The normalized spacial score (nSPS) is 19.8. The highest BCUT2D eigenvalue weighted by Gasteiger charge is 2.33. The fourth-order valence-corrected chi connectivity index (χ4v) is 2.31. The van der Waals surface area contributed by atoms with E-state index < -0.39 is 0 Å². The molecule has 2 heteroatoms. The summed E-state index contributed by atoms with van der Waals surface area (Å²) in [5.41, 5.74) is 0.849. The van der Waals surface area contributed by atoms with Gasteiger partial charge in [0, 0.05) is 0 Å². The van der Waals surface area contributed by atoms with Crippen molar-refractivity contribution >= 4 is 5.91 Å². The van der Waals surface area contributed by atoms with Crippen LogP contribution in [0.25, 0.3) is 0 Å². The molecule has 0 unspecified atom stereocenters. The van der Waals surface area contributed by atoms with Crippen LogP contribution < -0.4 is 0 Å². The second-order valence-electron chi connectivity index (χ2n) is 4.57. The maximum absolute atomic E-state index is 12.3. The average molecular weight is 204 g/mol. The molecule has 0 aromatic heterocycles. The summed E-state index contributed by atoms with van der Waals surface area (Å²) in [7, 11) is 2.06. The summed E-state index contributed by atoms with van der Waals surface area (Å²) < 4.78 is 0.587. The van der Waals surface area contributed by atoms with Crippen LogP contribution in [0.4, 0.5) is 0 Å². The number of nitrogens with zero attached hydrogens (tertiary/aromatic N) is 1. The van der Waals surface area contributed by atoms with Crippen LogP contribution in [0.5, 0.6) is 0 Å². The van der Waals surface area contributed by atoms with Crippen LogP contribution >= 0.6 is 0 Å². The van der Waals surface area contributed by atoms with Gasteiger partial charge >= 0.3 is 5.91 Å². The summed E-state index contributed by atoms with van der Waals surface area (Å²) in [6, 6.07) is 9.65. The Bertz CT molecular complexity index is 339. The van der Waals surface area contributed by atoms with Gasteiger partial charge < -0.3 is 0 Å². The summed E-state index contributed by atoms with van der Waals surface area (Å²) in [6.07, 6.45) is 3.63. The Balaban J connectivity index is 2.20. The number of piperidine rings is 1. The van der Waals surface area contributed by atoms with Gasteiger partial charge in [0.25, 0.3) is 0 Å². The third-order valence-corrected chi connectivity index (χ3v) is 3.31. The van der Waals surface area contributed by atoms with Crippen molar-refractivity contribution in [2.24, 2.45) is 0 Å². The molecular weight excluding hydrogens is 186 g/mol. The third kappa shape index (κ3) is 2.10. The highest BCUT2D eigenvalue weighted by Crippen LogP contribution is 2.19. The van der Waals surface area contributed by atoms with Crippen LogP contribution in [-0.2, 0) is 0 Å². The minimum Gasteiger partial charge on any atom is -0.258 e. The predicted molar refractivity (Wildman–Crippen MR) is 60.5 cm³/mol. The number of carbonyl (C=O) groups excluding carboxylic acids is 1. The molecular formula is C13H18NO+. The van der Waals surface area contributed by atoms with E-state index in [1.165, 1.54) is 19.3 Å². The van der Waals surface area contributed by atoms with Crippen molar-refractivity contribution in [3.63, 3.8) is 0 Å². The maximum Gasteiger partial charge on any atom is 0.345 e. The van der Waals surface area contributed by atoms with Gasteiger partial charge in [0.05, 0.1) is 25.7 Å². The number of hydrogen-bond acceptors (Lipinski definition) is 1. The SMILES string of the molecule is C[N+]1(C(=O)c2ccccc2)CCCCC1. The lowest BCUT2D eigenvalue weighted by molar-refractivity contribution is -0.834. The molecule has 1 saturated heterocycles. The quantitative estimate of drug-likeness (QED) is 0.642. The first-order valence-electron chi connectivity index (χ1n) is 5.67. The van der Waals surface area contributed by atoms with Gasteiger partial charge in [-0.3, -0.25) is 4.48 Å². The van der Waals surface area contributed by atoms with Crippen molar-refractivity contribution in [2.75, 3.05) is 20.1 Å². The van der Waals surface area contributed by atoms with Crippen LogP contribution in [0.2, 0.25) is 0 Å². The van der Waals surface area contributed by atoms with Gasteiger partial charge in [0.15, 0.2) is 0 Å². The summed E-state index contributed by atoms with van der Waals surface area (Å²) in [4.78, 5) is 12.3. The molecule has 0 bridgehead atoms. The van der Waals surface area contributed by atoms with Crippen molar-refractivity contribution in [1.82, 2.24) is 0 Å². The predicted octanol–water partition coefficient (Wildman–Crippen LogP) is 2.46. The zero-order valence-corrected chi connectivity index (χ0v) is 9.28. The van der Waals surface area contributed by atoms with Crippen LogP contribution in [0.1, 0.15) is 29.6 Å². The van der Waals surface area contributed by atoms with Crippen LogP contribution in [0, 0.1) is 0 Å². The summed E-state index contributed by atoms with van der Waals surface area (Å²) >= 11 is 0. The maximum atomic E-state index is 12.3. The molecule has 0 N–H and O–H groups in total. The van der Waals surface area contributed by atoms with Gasteiger partial charge in [-0.1, -0.05) is 18.2 Å². The molecule has 1 amide bonds. The molecule has 0 aliphatic carbocycles. The van der Waals surface area contributed by atoms with Crippen molar-refractivity contribution in [2.45, 2.75) is 19.3 Å². The molecule has 0 saturated carbocycles. The van der Waals surface area contributed by atoms with Crippen LogP contribution in [0.15, 0.2) is 30.3 Å². The Kier molecular flexibility index (Phi) is 2.87. The summed E-state index contributed by atoms with van der Waals surface area (Å²) in [6.45, 7) is 1.99. The summed E-state index contributed by atoms with van der Waals surface area (Å²) in [5.74, 6) is 0.273. The number of rotatable bonds is 1. The van der Waals surface area contributed by atoms with Crippen LogP contribution in [0.3, 0.4) is 0 Å². The Morgan fingerprint density at radius 2 is 1.67 bits per heavy atom. The Labute approximate surface area is 91.1 Å². The van der Waals surface area contributed by atoms with E-state index in [0.29, 0.717) is 4.48 Å². The number of amides is 1. The van der Waals surface area contributed by atoms with Gasteiger partial charge in [-0.15, -0.1) is 0 Å². The first kappa shape index (κ1) is 10.4. The summed E-state index contributed by atoms with van der Waals surface area (Å²) in [5, 5.41) is 0. The van der Waals surface area contributed by atoms with E-state index in [0.717, 1.165) is 18.7 Å². The highest BCUT2D eigenvalue weighted by atomic mass is 16.2.